The van der Waals surface area contributed by atoms with Crippen molar-refractivity contribution in [1.82, 2.24) is 0 Å². The summed E-state index contributed by atoms with van der Waals surface area (Å²) in [6.07, 6.45) is 3.19. The number of aryl methyl sites for hydroxylation is 1. The number of amides is 1. The van der Waals surface area contributed by atoms with Gasteiger partial charge in [-0.1, -0.05) is 17.7 Å². The SMILES string of the molecule is COc1cc(Cl)c(C)cc1NC(=O)C=Cc1ccc(OC(C)C)c(OC)c1. The number of anilines is 1. The molecule has 2 aromatic rings. The lowest BCUT2D eigenvalue weighted by atomic mass is 10.1. The lowest BCUT2D eigenvalue weighted by molar-refractivity contribution is -0.111. The Labute approximate surface area is 164 Å². The van der Waals surface area contributed by atoms with Crippen molar-refractivity contribution in [2.45, 2.75) is 26.9 Å². The highest BCUT2D eigenvalue weighted by Crippen LogP contribution is 2.31. The van der Waals surface area contributed by atoms with Crippen LogP contribution < -0.4 is 19.5 Å². The summed E-state index contributed by atoms with van der Waals surface area (Å²) in [5, 5.41) is 3.38. The number of hydrogen-bond donors (Lipinski definition) is 1. The van der Waals surface area contributed by atoms with E-state index in [4.69, 9.17) is 25.8 Å². The average molecular weight is 390 g/mol. The summed E-state index contributed by atoms with van der Waals surface area (Å²) in [5.74, 6) is 1.50. The van der Waals surface area contributed by atoms with Crippen LogP contribution in [0.2, 0.25) is 5.02 Å². The first-order valence-electron chi connectivity index (χ1n) is 8.52. The van der Waals surface area contributed by atoms with Gasteiger partial charge in [-0.25, -0.2) is 0 Å². The molecule has 1 amide bonds. The zero-order chi connectivity index (χ0) is 20.0. The van der Waals surface area contributed by atoms with E-state index in [1.54, 1.807) is 25.3 Å². The number of ether oxygens (including phenoxy) is 3. The zero-order valence-corrected chi connectivity index (χ0v) is 16.9. The lowest BCUT2D eigenvalue weighted by Crippen LogP contribution is -2.09. The van der Waals surface area contributed by atoms with E-state index in [0.717, 1.165) is 11.1 Å². The van der Waals surface area contributed by atoms with Crippen LogP contribution in [0, 0.1) is 6.92 Å². The molecule has 0 radical (unpaired) electrons. The molecule has 2 aromatic carbocycles. The number of methoxy groups -OCH3 is 2. The van der Waals surface area contributed by atoms with Gasteiger partial charge in [0, 0.05) is 17.2 Å². The molecule has 0 spiro atoms. The molecule has 0 saturated heterocycles. The molecule has 144 valence electrons. The highest BCUT2D eigenvalue weighted by molar-refractivity contribution is 6.31. The van der Waals surface area contributed by atoms with Crippen LogP contribution in [-0.4, -0.2) is 26.2 Å². The summed E-state index contributed by atoms with van der Waals surface area (Å²) in [6.45, 7) is 5.76. The van der Waals surface area contributed by atoms with Crippen LogP contribution in [0.5, 0.6) is 17.2 Å². The topological polar surface area (TPSA) is 56.8 Å². The predicted octanol–water partition coefficient (Wildman–Crippen LogP) is 5.10. The van der Waals surface area contributed by atoms with Crippen LogP contribution in [0.1, 0.15) is 25.0 Å². The molecule has 0 fully saturated rings. The van der Waals surface area contributed by atoms with Crippen LogP contribution in [0.25, 0.3) is 6.08 Å². The van der Waals surface area contributed by atoms with Crippen molar-refractivity contribution < 1.29 is 19.0 Å². The highest BCUT2D eigenvalue weighted by Gasteiger charge is 2.10. The van der Waals surface area contributed by atoms with E-state index in [1.165, 1.54) is 13.2 Å². The van der Waals surface area contributed by atoms with Crippen LogP contribution in [-0.2, 0) is 4.79 Å². The second kappa shape index (κ2) is 9.33. The van der Waals surface area contributed by atoms with Crippen molar-refractivity contribution in [3.8, 4) is 17.2 Å². The third-order valence-electron chi connectivity index (χ3n) is 3.72. The highest BCUT2D eigenvalue weighted by atomic mass is 35.5. The molecular formula is C21H24ClNO4. The minimum atomic E-state index is -0.281. The first-order chi connectivity index (χ1) is 12.8. The molecule has 0 aliphatic rings. The summed E-state index contributed by atoms with van der Waals surface area (Å²) < 4.78 is 16.3. The quantitative estimate of drug-likeness (QED) is 0.669. The van der Waals surface area contributed by atoms with E-state index in [2.05, 4.69) is 5.32 Å². The van der Waals surface area contributed by atoms with Crippen molar-refractivity contribution in [2.75, 3.05) is 19.5 Å². The number of carbonyl (C=O) groups excluding carboxylic acids is 1. The maximum Gasteiger partial charge on any atom is 0.248 e. The molecule has 0 atom stereocenters. The largest absolute Gasteiger partial charge is 0.495 e. The minimum Gasteiger partial charge on any atom is -0.495 e. The second-order valence-electron chi connectivity index (χ2n) is 6.20. The number of benzene rings is 2. The van der Waals surface area contributed by atoms with E-state index in [0.29, 0.717) is 28.0 Å². The Balaban J connectivity index is 2.14. The van der Waals surface area contributed by atoms with E-state index < -0.39 is 0 Å². The van der Waals surface area contributed by atoms with E-state index in [9.17, 15) is 4.79 Å². The van der Waals surface area contributed by atoms with Crippen LogP contribution in [0.15, 0.2) is 36.4 Å². The number of rotatable bonds is 7. The molecule has 0 aliphatic carbocycles. The normalized spacial score (nSPS) is 10.9. The van der Waals surface area contributed by atoms with E-state index in [-0.39, 0.29) is 12.0 Å². The Hall–Kier alpha value is -2.66. The Morgan fingerprint density at radius 3 is 2.41 bits per heavy atom. The summed E-state index contributed by atoms with van der Waals surface area (Å²) in [5.41, 5.74) is 2.23. The third-order valence-corrected chi connectivity index (χ3v) is 4.12. The Morgan fingerprint density at radius 1 is 1.07 bits per heavy atom. The van der Waals surface area contributed by atoms with Crippen LogP contribution in [0.4, 0.5) is 5.69 Å². The molecule has 0 aromatic heterocycles. The smallest absolute Gasteiger partial charge is 0.248 e. The second-order valence-corrected chi connectivity index (χ2v) is 6.61. The number of carbonyl (C=O) groups is 1. The van der Waals surface area contributed by atoms with E-state index in [1.807, 2.05) is 39.0 Å². The van der Waals surface area contributed by atoms with Gasteiger partial charge in [0.15, 0.2) is 11.5 Å². The van der Waals surface area contributed by atoms with Gasteiger partial charge in [0.25, 0.3) is 0 Å². The van der Waals surface area contributed by atoms with Crippen molar-refractivity contribution in [3.05, 3.63) is 52.6 Å². The molecule has 5 nitrogen and oxygen atoms in total. The summed E-state index contributed by atoms with van der Waals surface area (Å²) in [4.78, 5) is 12.3. The first-order valence-corrected chi connectivity index (χ1v) is 8.89. The van der Waals surface area contributed by atoms with Gasteiger partial charge in [0.1, 0.15) is 5.75 Å². The molecule has 2 rings (SSSR count). The maximum absolute atomic E-state index is 12.3. The van der Waals surface area contributed by atoms with Crippen molar-refractivity contribution in [2.24, 2.45) is 0 Å². The minimum absolute atomic E-state index is 0.0453. The zero-order valence-electron chi connectivity index (χ0n) is 16.1. The van der Waals surface area contributed by atoms with Gasteiger partial charge >= 0.3 is 0 Å². The summed E-state index contributed by atoms with van der Waals surface area (Å²) in [7, 11) is 3.11. The molecule has 6 heteroatoms. The number of hydrogen-bond acceptors (Lipinski definition) is 4. The Morgan fingerprint density at radius 2 is 1.78 bits per heavy atom. The number of halogens is 1. The van der Waals surface area contributed by atoms with Gasteiger partial charge in [-0.15, -0.1) is 0 Å². The van der Waals surface area contributed by atoms with Crippen molar-refractivity contribution >= 4 is 29.3 Å². The van der Waals surface area contributed by atoms with Gasteiger partial charge in [0.2, 0.25) is 5.91 Å². The molecule has 0 saturated carbocycles. The number of nitrogens with one attached hydrogen (secondary N) is 1. The fraction of sp³-hybridized carbons (Fsp3) is 0.286. The lowest BCUT2D eigenvalue weighted by Gasteiger charge is -2.13. The molecule has 1 N–H and O–H groups in total. The van der Waals surface area contributed by atoms with Crippen LogP contribution in [0.3, 0.4) is 0 Å². The van der Waals surface area contributed by atoms with Gasteiger partial charge in [-0.3, -0.25) is 4.79 Å². The van der Waals surface area contributed by atoms with Gasteiger partial charge in [0.05, 0.1) is 26.0 Å². The maximum atomic E-state index is 12.3. The standard InChI is InChI=1S/C21H24ClNO4/c1-13(2)27-18-8-6-15(11-20(18)26-5)7-9-21(24)23-17-10-14(3)16(22)12-19(17)25-4/h6-13H,1-5H3,(H,23,24). The molecule has 0 aliphatic heterocycles. The Kier molecular flexibility index (Phi) is 7.13. The Bertz CT molecular complexity index is 846. The fourth-order valence-electron chi connectivity index (χ4n) is 2.42. The molecule has 0 bridgehead atoms. The van der Waals surface area contributed by atoms with Gasteiger partial charge < -0.3 is 19.5 Å². The average Bonchev–Trinajstić information content (AvgIpc) is 2.63. The fourth-order valence-corrected chi connectivity index (χ4v) is 2.57. The molecule has 27 heavy (non-hydrogen) atoms. The first kappa shape index (κ1) is 20.6. The van der Waals surface area contributed by atoms with Gasteiger partial charge in [-0.05, 0) is 56.2 Å². The van der Waals surface area contributed by atoms with E-state index >= 15 is 0 Å². The molecule has 0 unspecified atom stereocenters. The van der Waals surface area contributed by atoms with Gasteiger partial charge in [-0.2, -0.15) is 0 Å². The molecule has 0 heterocycles. The summed E-state index contributed by atoms with van der Waals surface area (Å²) in [6, 6.07) is 8.94. The van der Waals surface area contributed by atoms with Crippen molar-refractivity contribution in [3.63, 3.8) is 0 Å². The monoisotopic (exact) mass is 389 g/mol. The van der Waals surface area contributed by atoms with Crippen LogP contribution >= 0.6 is 11.6 Å². The summed E-state index contributed by atoms with van der Waals surface area (Å²) >= 11 is 6.09. The molecular weight excluding hydrogens is 366 g/mol. The van der Waals surface area contributed by atoms with Crippen molar-refractivity contribution in [1.29, 1.82) is 0 Å². The predicted molar refractivity (Wildman–Crippen MR) is 109 cm³/mol. The third kappa shape index (κ3) is 5.66.